The number of carbonyl (C=O) groups excluding carboxylic acids is 2. The fourth-order valence-corrected chi connectivity index (χ4v) is 3.82. The van der Waals surface area contributed by atoms with Crippen molar-refractivity contribution in [3.63, 3.8) is 0 Å². The van der Waals surface area contributed by atoms with Gasteiger partial charge >= 0.3 is 6.09 Å². The molecule has 7 nitrogen and oxygen atoms in total. The lowest BCUT2D eigenvalue weighted by atomic mass is 9.95. The molecule has 3 rings (SSSR count). The van der Waals surface area contributed by atoms with Crippen LogP contribution in [-0.4, -0.2) is 45.0 Å². The number of hydrogen-bond acceptors (Lipinski definition) is 5. The van der Waals surface area contributed by atoms with E-state index in [1.807, 2.05) is 27.7 Å². The highest BCUT2D eigenvalue weighted by Crippen LogP contribution is 2.28. The molecule has 29 heavy (non-hydrogen) atoms. The normalized spacial score (nSPS) is 15.6. The third-order valence-corrected chi connectivity index (χ3v) is 5.25. The van der Waals surface area contributed by atoms with E-state index in [2.05, 4.69) is 0 Å². The van der Waals surface area contributed by atoms with Crippen LogP contribution in [0.3, 0.4) is 0 Å². The number of likely N-dealkylation sites (tertiary alicyclic amines) is 1. The highest BCUT2D eigenvalue weighted by Gasteiger charge is 2.29. The third-order valence-electron chi connectivity index (χ3n) is 5.25. The lowest BCUT2D eigenvalue weighted by molar-refractivity contribution is 0.0202. The van der Waals surface area contributed by atoms with Gasteiger partial charge in [-0.2, -0.15) is 0 Å². The van der Waals surface area contributed by atoms with E-state index >= 15 is 0 Å². The Labute approximate surface area is 170 Å². The molecular weight excluding hydrogens is 370 g/mol. The first-order valence-corrected chi connectivity index (χ1v) is 9.98. The Bertz CT molecular complexity index is 1020. The van der Waals surface area contributed by atoms with Gasteiger partial charge in [0.2, 0.25) is 0 Å². The Balaban J connectivity index is 1.92. The number of nitrogens with zero attached hydrogens (tertiary/aromatic N) is 3. The Kier molecular flexibility index (Phi) is 5.52. The summed E-state index contributed by atoms with van der Waals surface area (Å²) in [5, 5.41) is 0.465. The third kappa shape index (κ3) is 4.33. The zero-order valence-corrected chi connectivity index (χ0v) is 18.0. The first kappa shape index (κ1) is 21.0. The van der Waals surface area contributed by atoms with Crippen molar-refractivity contribution in [1.29, 1.82) is 0 Å². The molecule has 1 aliphatic heterocycles. The zero-order valence-electron chi connectivity index (χ0n) is 18.0. The number of aryl methyl sites for hydroxylation is 1. The molecule has 1 aliphatic rings. The van der Waals surface area contributed by atoms with Gasteiger partial charge in [0.25, 0.3) is 5.56 Å². The average molecular weight is 399 g/mol. The molecule has 156 valence electrons. The number of amides is 1. The Morgan fingerprint density at radius 3 is 2.34 bits per heavy atom. The maximum atomic E-state index is 13.0. The van der Waals surface area contributed by atoms with Crippen molar-refractivity contribution in [3.05, 3.63) is 39.4 Å². The maximum Gasteiger partial charge on any atom is 0.410 e. The molecule has 1 aromatic heterocycles. The van der Waals surface area contributed by atoms with Crippen LogP contribution in [0.1, 0.15) is 68.2 Å². The van der Waals surface area contributed by atoms with Gasteiger partial charge < -0.3 is 9.64 Å². The molecule has 1 fully saturated rings. The average Bonchev–Trinajstić information content (AvgIpc) is 2.63. The van der Waals surface area contributed by atoms with Crippen LogP contribution in [0.5, 0.6) is 0 Å². The van der Waals surface area contributed by atoms with Gasteiger partial charge in [-0.3, -0.25) is 14.2 Å². The Hall–Kier alpha value is -2.70. The van der Waals surface area contributed by atoms with E-state index in [9.17, 15) is 14.4 Å². The SMILES string of the molecule is CC(=O)c1cc(C)cc2c(=O)n(C)c(C3CCN(C(=O)OC(C)(C)C)CC3)nc12. The van der Waals surface area contributed by atoms with Crippen molar-refractivity contribution in [2.75, 3.05) is 13.1 Å². The minimum absolute atomic E-state index is 0.0388. The molecule has 7 heteroatoms. The molecule has 0 unspecified atom stereocenters. The van der Waals surface area contributed by atoms with Gasteiger partial charge in [-0.15, -0.1) is 0 Å². The number of ketones is 1. The summed E-state index contributed by atoms with van der Waals surface area (Å²) in [6, 6.07) is 3.57. The summed E-state index contributed by atoms with van der Waals surface area (Å²) >= 11 is 0. The van der Waals surface area contributed by atoms with Gasteiger partial charge in [0.05, 0.1) is 10.9 Å². The molecule has 0 saturated carbocycles. The monoisotopic (exact) mass is 399 g/mol. The van der Waals surface area contributed by atoms with Crippen LogP contribution in [0.15, 0.2) is 16.9 Å². The first-order chi connectivity index (χ1) is 13.5. The summed E-state index contributed by atoms with van der Waals surface area (Å²) < 4.78 is 7.03. The standard InChI is InChI=1S/C22H29N3O4/c1-13-11-16(14(2)26)18-17(12-13)20(27)24(6)19(23-18)15-7-9-25(10-8-15)21(28)29-22(3,4)5/h11-12,15H,7-10H2,1-6H3. The molecule has 0 N–H and O–H groups in total. The van der Waals surface area contributed by atoms with Crippen LogP contribution in [0.25, 0.3) is 10.9 Å². The zero-order chi connectivity index (χ0) is 21.5. The molecule has 1 saturated heterocycles. The van der Waals surface area contributed by atoms with Crippen LogP contribution in [0, 0.1) is 6.92 Å². The molecule has 0 spiro atoms. The van der Waals surface area contributed by atoms with Crippen LogP contribution in [-0.2, 0) is 11.8 Å². The lowest BCUT2D eigenvalue weighted by Gasteiger charge is -2.33. The number of Topliss-reactive ketones (excluding diaryl/α,β-unsaturated/α-hetero) is 1. The second kappa shape index (κ2) is 7.61. The van der Waals surface area contributed by atoms with Gasteiger partial charge in [-0.1, -0.05) is 0 Å². The summed E-state index contributed by atoms with van der Waals surface area (Å²) in [6.45, 7) is 9.99. The lowest BCUT2D eigenvalue weighted by Crippen LogP contribution is -2.42. The fraction of sp³-hybridized carbons (Fsp3) is 0.545. The number of piperidine rings is 1. The van der Waals surface area contributed by atoms with Gasteiger partial charge in [-0.25, -0.2) is 9.78 Å². The van der Waals surface area contributed by atoms with Crippen LogP contribution in [0.2, 0.25) is 0 Å². The largest absolute Gasteiger partial charge is 0.444 e. The van der Waals surface area contributed by atoms with E-state index in [0.717, 1.165) is 5.56 Å². The van der Waals surface area contributed by atoms with Crippen molar-refractivity contribution in [2.45, 2.75) is 59.0 Å². The number of hydrogen-bond donors (Lipinski definition) is 0. The first-order valence-electron chi connectivity index (χ1n) is 9.98. The highest BCUT2D eigenvalue weighted by molar-refractivity contribution is 6.05. The van der Waals surface area contributed by atoms with Gasteiger partial charge in [0, 0.05) is 31.6 Å². The molecular formula is C22H29N3O4. The summed E-state index contributed by atoms with van der Waals surface area (Å²) in [6.07, 6.45) is 1.06. The molecule has 0 bridgehead atoms. The van der Waals surface area contributed by atoms with Crippen LogP contribution < -0.4 is 5.56 Å². The van der Waals surface area contributed by atoms with E-state index in [4.69, 9.17) is 9.72 Å². The van der Waals surface area contributed by atoms with E-state index in [-0.39, 0.29) is 23.4 Å². The van der Waals surface area contributed by atoms with Crippen molar-refractivity contribution in [2.24, 2.45) is 7.05 Å². The van der Waals surface area contributed by atoms with Crippen molar-refractivity contribution < 1.29 is 14.3 Å². The Morgan fingerprint density at radius 1 is 1.17 bits per heavy atom. The van der Waals surface area contributed by atoms with Gasteiger partial charge in [-0.05, 0) is 65.2 Å². The number of aromatic nitrogens is 2. The second-order valence-corrected chi connectivity index (χ2v) is 8.84. The van der Waals surface area contributed by atoms with Crippen LogP contribution >= 0.6 is 0 Å². The van der Waals surface area contributed by atoms with Gasteiger partial charge in [0.15, 0.2) is 5.78 Å². The van der Waals surface area contributed by atoms with E-state index in [1.54, 1.807) is 28.6 Å². The molecule has 2 aromatic rings. The Morgan fingerprint density at radius 2 is 1.79 bits per heavy atom. The molecule has 1 aromatic carbocycles. The van der Waals surface area contributed by atoms with E-state index < -0.39 is 5.60 Å². The fourth-order valence-electron chi connectivity index (χ4n) is 3.82. The minimum Gasteiger partial charge on any atom is -0.444 e. The summed E-state index contributed by atoms with van der Waals surface area (Å²) in [4.78, 5) is 43.9. The van der Waals surface area contributed by atoms with Crippen molar-refractivity contribution >= 4 is 22.8 Å². The quantitative estimate of drug-likeness (QED) is 0.721. The molecule has 2 heterocycles. The maximum absolute atomic E-state index is 13.0. The number of rotatable bonds is 2. The summed E-state index contributed by atoms with van der Waals surface area (Å²) in [7, 11) is 1.72. The topological polar surface area (TPSA) is 81.5 Å². The van der Waals surface area contributed by atoms with E-state index in [0.29, 0.717) is 48.2 Å². The van der Waals surface area contributed by atoms with E-state index in [1.165, 1.54) is 6.92 Å². The molecule has 0 aliphatic carbocycles. The predicted octanol–water partition coefficient (Wildman–Crippen LogP) is 3.56. The summed E-state index contributed by atoms with van der Waals surface area (Å²) in [5.74, 6) is 0.597. The van der Waals surface area contributed by atoms with Crippen LogP contribution in [0.4, 0.5) is 4.79 Å². The van der Waals surface area contributed by atoms with Gasteiger partial charge in [0.1, 0.15) is 11.4 Å². The van der Waals surface area contributed by atoms with Crippen molar-refractivity contribution in [1.82, 2.24) is 14.5 Å². The van der Waals surface area contributed by atoms with Crippen molar-refractivity contribution in [3.8, 4) is 0 Å². The number of ether oxygens (including phenoxy) is 1. The highest BCUT2D eigenvalue weighted by atomic mass is 16.6. The molecule has 0 radical (unpaired) electrons. The predicted molar refractivity (Wildman–Crippen MR) is 112 cm³/mol. The molecule has 0 atom stereocenters. The summed E-state index contributed by atoms with van der Waals surface area (Å²) in [5.41, 5.74) is 1.13. The molecule has 1 amide bonds. The number of carbonyl (C=O) groups is 2. The number of benzene rings is 1. The smallest absolute Gasteiger partial charge is 0.410 e. The second-order valence-electron chi connectivity index (χ2n) is 8.84. The minimum atomic E-state index is -0.529. The number of fused-ring (bicyclic) bond motifs is 1.